The van der Waals surface area contributed by atoms with Crippen molar-refractivity contribution in [3.05, 3.63) is 0 Å². The largest absolute Gasteiger partial charge is 0.321 e. The maximum absolute atomic E-state index is 8.21. The first-order valence-corrected chi connectivity index (χ1v) is 3.47. The molecule has 0 spiro atoms. The van der Waals surface area contributed by atoms with Gasteiger partial charge in [0.15, 0.2) is 6.19 Å². The molecule has 1 saturated carbocycles. The molecule has 0 aromatic carbocycles. The summed E-state index contributed by atoms with van der Waals surface area (Å²) in [7, 11) is 0. The Kier molecular flexibility index (Phi) is 1.94. The fourth-order valence-electron chi connectivity index (χ4n) is 1.02. The molecular weight excluding hydrogens is 112 g/mol. The van der Waals surface area contributed by atoms with Crippen LogP contribution < -0.4 is 5.32 Å². The monoisotopic (exact) mass is 124 g/mol. The molecule has 0 amide bonds. The zero-order valence-electron chi connectivity index (χ0n) is 5.72. The van der Waals surface area contributed by atoms with E-state index in [9.17, 15) is 0 Å². The Hall–Kier alpha value is -0.710. The Balaban J connectivity index is 2.03. The molecule has 0 aliphatic heterocycles. The molecule has 2 nitrogen and oxygen atoms in total. The maximum atomic E-state index is 8.21. The van der Waals surface area contributed by atoms with Crippen molar-refractivity contribution < 1.29 is 0 Å². The topological polar surface area (TPSA) is 35.8 Å². The smallest absolute Gasteiger partial charge is 0.176 e. The summed E-state index contributed by atoms with van der Waals surface area (Å²) >= 11 is 0. The fraction of sp³-hybridized carbons (Fsp3) is 0.857. The fourth-order valence-corrected chi connectivity index (χ4v) is 1.02. The highest BCUT2D eigenvalue weighted by Crippen LogP contribution is 2.33. The van der Waals surface area contributed by atoms with Crippen molar-refractivity contribution in [1.29, 1.82) is 5.26 Å². The number of hydrogen-bond acceptors (Lipinski definition) is 2. The summed E-state index contributed by atoms with van der Waals surface area (Å²) in [4.78, 5) is 0. The zero-order chi connectivity index (χ0) is 6.69. The standard InChI is InChI=1S/C7H12N2/c1-6(9-5-8)4-7-2-3-7/h6-7,9H,2-4H2,1H3. The summed E-state index contributed by atoms with van der Waals surface area (Å²) < 4.78 is 0. The van der Waals surface area contributed by atoms with Crippen molar-refractivity contribution in [2.45, 2.75) is 32.2 Å². The third kappa shape index (κ3) is 2.36. The van der Waals surface area contributed by atoms with E-state index in [-0.39, 0.29) is 0 Å². The van der Waals surface area contributed by atoms with E-state index in [4.69, 9.17) is 5.26 Å². The molecule has 0 saturated heterocycles. The van der Waals surface area contributed by atoms with E-state index in [0.717, 1.165) is 5.92 Å². The van der Waals surface area contributed by atoms with Crippen LogP contribution in [0.3, 0.4) is 0 Å². The third-order valence-electron chi connectivity index (χ3n) is 1.69. The molecule has 0 aromatic heterocycles. The summed E-state index contributed by atoms with van der Waals surface area (Å²) in [5.74, 6) is 0.917. The van der Waals surface area contributed by atoms with Gasteiger partial charge >= 0.3 is 0 Å². The molecule has 1 fully saturated rings. The van der Waals surface area contributed by atoms with Crippen LogP contribution in [0.5, 0.6) is 0 Å². The molecular formula is C7H12N2. The quantitative estimate of drug-likeness (QED) is 0.454. The molecule has 1 rings (SSSR count). The van der Waals surface area contributed by atoms with E-state index in [1.807, 2.05) is 6.19 Å². The minimum absolute atomic E-state index is 0.391. The average molecular weight is 124 g/mol. The first kappa shape index (κ1) is 6.41. The van der Waals surface area contributed by atoms with E-state index in [2.05, 4.69) is 12.2 Å². The Bertz CT molecular complexity index is 121. The summed E-state index contributed by atoms with van der Waals surface area (Å²) in [5.41, 5.74) is 0. The molecule has 50 valence electrons. The van der Waals surface area contributed by atoms with Gasteiger partial charge in [0.2, 0.25) is 0 Å². The summed E-state index contributed by atoms with van der Waals surface area (Å²) in [6.07, 6.45) is 5.87. The van der Waals surface area contributed by atoms with Crippen molar-refractivity contribution in [3.63, 3.8) is 0 Å². The first-order valence-electron chi connectivity index (χ1n) is 3.47. The number of hydrogen-bond donors (Lipinski definition) is 1. The van der Waals surface area contributed by atoms with Crippen molar-refractivity contribution in [1.82, 2.24) is 5.32 Å². The first-order chi connectivity index (χ1) is 4.33. The van der Waals surface area contributed by atoms with Gasteiger partial charge in [-0.15, -0.1) is 0 Å². The third-order valence-corrected chi connectivity index (χ3v) is 1.69. The second-order valence-electron chi connectivity index (χ2n) is 2.84. The van der Waals surface area contributed by atoms with E-state index >= 15 is 0 Å². The maximum Gasteiger partial charge on any atom is 0.176 e. The molecule has 0 heterocycles. The van der Waals surface area contributed by atoms with Gasteiger partial charge in [-0.05, 0) is 19.3 Å². The van der Waals surface area contributed by atoms with Gasteiger partial charge in [-0.1, -0.05) is 12.8 Å². The highest BCUT2D eigenvalue weighted by molar-refractivity contribution is 4.81. The molecule has 0 aromatic rings. The molecule has 9 heavy (non-hydrogen) atoms. The second-order valence-corrected chi connectivity index (χ2v) is 2.84. The highest BCUT2D eigenvalue weighted by atomic mass is 14.9. The normalized spacial score (nSPS) is 20.4. The van der Waals surface area contributed by atoms with Gasteiger partial charge < -0.3 is 5.32 Å². The van der Waals surface area contributed by atoms with Crippen LogP contribution in [-0.4, -0.2) is 6.04 Å². The molecule has 1 atom stereocenters. The summed E-state index contributed by atoms with van der Waals surface area (Å²) in [6, 6.07) is 0.391. The zero-order valence-corrected chi connectivity index (χ0v) is 5.72. The van der Waals surface area contributed by atoms with Gasteiger partial charge in [-0.2, -0.15) is 5.26 Å². The summed E-state index contributed by atoms with van der Waals surface area (Å²) in [5, 5.41) is 10.9. The lowest BCUT2D eigenvalue weighted by Crippen LogP contribution is -2.20. The Morgan fingerprint density at radius 2 is 2.44 bits per heavy atom. The van der Waals surface area contributed by atoms with Crippen LogP contribution in [0.4, 0.5) is 0 Å². The van der Waals surface area contributed by atoms with Crippen molar-refractivity contribution >= 4 is 0 Å². The Morgan fingerprint density at radius 3 is 2.89 bits per heavy atom. The van der Waals surface area contributed by atoms with Crippen LogP contribution in [0.2, 0.25) is 0 Å². The lowest BCUT2D eigenvalue weighted by atomic mass is 10.2. The van der Waals surface area contributed by atoms with E-state index < -0.39 is 0 Å². The molecule has 0 bridgehead atoms. The highest BCUT2D eigenvalue weighted by Gasteiger charge is 2.22. The molecule has 2 heteroatoms. The summed E-state index contributed by atoms with van der Waals surface area (Å²) in [6.45, 7) is 2.06. The van der Waals surface area contributed by atoms with Gasteiger partial charge in [-0.3, -0.25) is 0 Å². The Morgan fingerprint density at radius 1 is 1.78 bits per heavy atom. The number of nitriles is 1. The van der Waals surface area contributed by atoms with Crippen LogP contribution >= 0.6 is 0 Å². The Labute approximate surface area is 55.9 Å². The SMILES string of the molecule is CC(CC1CC1)NC#N. The van der Waals surface area contributed by atoms with E-state index in [1.165, 1.54) is 19.3 Å². The predicted octanol–water partition coefficient (Wildman–Crippen LogP) is 1.25. The number of nitrogens with zero attached hydrogens (tertiary/aromatic N) is 1. The molecule has 1 unspecified atom stereocenters. The second kappa shape index (κ2) is 2.72. The number of rotatable bonds is 3. The van der Waals surface area contributed by atoms with E-state index in [0.29, 0.717) is 6.04 Å². The van der Waals surface area contributed by atoms with Crippen molar-refractivity contribution in [2.75, 3.05) is 0 Å². The number of nitrogens with one attached hydrogen (secondary N) is 1. The van der Waals surface area contributed by atoms with Crippen LogP contribution in [0, 0.1) is 17.4 Å². The molecule has 1 aliphatic carbocycles. The van der Waals surface area contributed by atoms with Crippen molar-refractivity contribution in [2.24, 2.45) is 5.92 Å². The predicted molar refractivity (Wildman–Crippen MR) is 35.6 cm³/mol. The minimum Gasteiger partial charge on any atom is -0.321 e. The molecule has 1 aliphatic rings. The van der Waals surface area contributed by atoms with Gasteiger partial charge in [0.05, 0.1) is 0 Å². The van der Waals surface area contributed by atoms with Crippen LogP contribution in [0.25, 0.3) is 0 Å². The van der Waals surface area contributed by atoms with E-state index in [1.54, 1.807) is 0 Å². The van der Waals surface area contributed by atoms with Crippen LogP contribution in [-0.2, 0) is 0 Å². The lowest BCUT2D eigenvalue weighted by molar-refractivity contribution is 0.553. The van der Waals surface area contributed by atoms with Crippen LogP contribution in [0.1, 0.15) is 26.2 Å². The average Bonchev–Trinajstić information content (AvgIpc) is 2.50. The van der Waals surface area contributed by atoms with Gasteiger partial charge in [0.1, 0.15) is 0 Å². The van der Waals surface area contributed by atoms with Crippen molar-refractivity contribution in [3.8, 4) is 6.19 Å². The minimum atomic E-state index is 0.391. The van der Waals surface area contributed by atoms with Gasteiger partial charge in [0, 0.05) is 6.04 Å². The molecule has 1 N–H and O–H groups in total. The molecule has 0 radical (unpaired) electrons. The van der Waals surface area contributed by atoms with Gasteiger partial charge in [-0.25, -0.2) is 0 Å². The lowest BCUT2D eigenvalue weighted by Gasteiger charge is -2.05. The van der Waals surface area contributed by atoms with Crippen LogP contribution in [0.15, 0.2) is 0 Å². The van der Waals surface area contributed by atoms with Gasteiger partial charge in [0.25, 0.3) is 0 Å².